The first-order valence-electron chi connectivity index (χ1n) is 6.21. The molecule has 2 nitrogen and oxygen atoms in total. The summed E-state index contributed by atoms with van der Waals surface area (Å²) in [6.07, 6.45) is 0. The zero-order chi connectivity index (χ0) is 15.6. The van der Waals surface area contributed by atoms with Crippen LogP contribution < -0.4 is 10.1 Å². The van der Waals surface area contributed by atoms with Crippen molar-refractivity contribution in [1.29, 1.82) is 0 Å². The van der Waals surface area contributed by atoms with E-state index in [1.54, 1.807) is 6.07 Å². The molecule has 0 fully saturated rings. The molecule has 2 rings (SSSR count). The highest BCUT2D eigenvalue weighted by molar-refractivity contribution is 9.10. The summed E-state index contributed by atoms with van der Waals surface area (Å²) in [6, 6.07) is 8.07. The predicted molar refractivity (Wildman–Crippen MR) is 85.7 cm³/mol. The van der Waals surface area contributed by atoms with Gasteiger partial charge in [0.15, 0.2) is 11.6 Å². The average molecular weight is 421 g/mol. The minimum atomic E-state index is -1.02. The van der Waals surface area contributed by atoms with Gasteiger partial charge < -0.3 is 10.1 Å². The van der Waals surface area contributed by atoms with Gasteiger partial charge in [-0.25, -0.2) is 4.39 Å². The predicted octanol–water partition coefficient (Wildman–Crippen LogP) is 5.56. The lowest BCUT2D eigenvalue weighted by molar-refractivity contribution is 0.413. The third-order valence-corrected chi connectivity index (χ3v) is 4.15. The molecule has 1 unspecified atom stereocenters. The Morgan fingerprint density at radius 3 is 2.43 bits per heavy atom. The maximum Gasteiger partial charge on any atom is 0.201 e. The molecule has 0 amide bonds. The van der Waals surface area contributed by atoms with Crippen molar-refractivity contribution in [2.24, 2.45) is 0 Å². The Bertz CT molecular complexity index is 664. The maximum absolute atomic E-state index is 13.7. The van der Waals surface area contributed by atoms with Gasteiger partial charge in [0.25, 0.3) is 0 Å². The number of hydrogen-bond acceptors (Lipinski definition) is 2. The van der Waals surface area contributed by atoms with Gasteiger partial charge in [-0.15, -0.1) is 0 Å². The quantitative estimate of drug-likeness (QED) is 0.653. The van der Waals surface area contributed by atoms with Crippen molar-refractivity contribution < 1.29 is 13.5 Å². The van der Waals surface area contributed by atoms with Gasteiger partial charge in [-0.3, -0.25) is 0 Å². The first-order valence-corrected chi connectivity index (χ1v) is 7.80. The van der Waals surface area contributed by atoms with Gasteiger partial charge in [-0.2, -0.15) is 4.39 Å². The van der Waals surface area contributed by atoms with Crippen LogP contribution in [0, 0.1) is 11.6 Å². The van der Waals surface area contributed by atoms with E-state index in [0.29, 0.717) is 14.7 Å². The second kappa shape index (κ2) is 6.85. The van der Waals surface area contributed by atoms with Gasteiger partial charge in [-0.1, -0.05) is 22.0 Å². The van der Waals surface area contributed by atoms with Crippen molar-refractivity contribution in [3.05, 3.63) is 56.5 Å². The van der Waals surface area contributed by atoms with Crippen LogP contribution in [-0.2, 0) is 0 Å². The topological polar surface area (TPSA) is 21.3 Å². The number of ether oxygens (including phenoxy) is 1. The number of hydrogen-bond donors (Lipinski definition) is 1. The molecule has 0 aliphatic heterocycles. The zero-order valence-electron chi connectivity index (χ0n) is 11.4. The van der Waals surface area contributed by atoms with E-state index in [-0.39, 0.29) is 11.8 Å². The monoisotopic (exact) mass is 419 g/mol. The summed E-state index contributed by atoms with van der Waals surface area (Å²) >= 11 is 6.50. The van der Waals surface area contributed by atoms with E-state index in [1.165, 1.54) is 6.07 Å². The molecule has 112 valence electrons. The minimum absolute atomic E-state index is 0.169. The molecule has 0 bridgehead atoms. The highest BCUT2D eigenvalue weighted by atomic mass is 79.9. The Hall–Kier alpha value is -0.980. The molecule has 0 radical (unpaired) electrons. The third-order valence-electron chi connectivity index (χ3n) is 3.07. The van der Waals surface area contributed by atoms with Crippen LogP contribution in [0.15, 0.2) is 39.3 Å². The Morgan fingerprint density at radius 2 is 1.81 bits per heavy atom. The van der Waals surface area contributed by atoms with Crippen LogP contribution in [0.5, 0.6) is 11.5 Å². The zero-order valence-corrected chi connectivity index (χ0v) is 14.6. The number of benzene rings is 2. The first kappa shape index (κ1) is 16.4. The fraction of sp³-hybridized carbons (Fsp3) is 0.200. The molecule has 21 heavy (non-hydrogen) atoms. The van der Waals surface area contributed by atoms with E-state index >= 15 is 0 Å². The molecule has 0 spiro atoms. The van der Waals surface area contributed by atoms with Crippen molar-refractivity contribution in [2.75, 3.05) is 7.05 Å². The standard InChI is InChI=1S/C15H13Br2F2NO/c1-8(20-2)9-3-4-13(11(17)5-9)21-14-7-10(16)6-12(18)15(14)19/h3-8,20H,1-2H3. The van der Waals surface area contributed by atoms with Crippen LogP contribution in [0.3, 0.4) is 0 Å². The van der Waals surface area contributed by atoms with Gasteiger partial charge in [0.05, 0.1) is 4.47 Å². The fourth-order valence-electron chi connectivity index (χ4n) is 1.76. The summed E-state index contributed by atoms with van der Waals surface area (Å²) in [4.78, 5) is 0. The Labute approximate surface area is 138 Å². The lowest BCUT2D eigenvalue weighted by Crippen LogP contribution is -2.12. The summed E-state index contributed by atoms with van der Waals surface area (Å²) < 4.78 is 33.6. The highest BCUT2D eigenvalue weighted by Gasteiger charge is 2.14. The summed E-state index contributed by atoms with van der Waals surface area (Å²) in [5, 5.41) is 3.12. The Morgan fingerprint density at radius 1 is 1.10 bits per heavy atom. The second-order valence-corrected chi connectivity index (χ2v) is 6.27. The van der Waals surface area contributed by atoms with E-state index in [2.05, 4.69) is 37.2 Å². The molecule has 0 saturated heterocycles. The minimum Gasteiger partial charge on any atom is -0.453 e. The molecular weight excluding hydrogens is 408 g/mol. The van der Waals surface area contributed by atoms with Crippen molar-refractivity contribution in [3.63, 3.8) is 0 Å². The van der Waals surface area contributed by atoms with Gasteiger partial charge in [0, 0.05) is 10.5 Å². The molecule has 0 saturated carbocycles. The Kier molecular flexibility index (Phi) is 5.35. The van der Waals surface area contributed by atoms with Gasteiger partial charge in [0.1, 0.15) is 5.75 Å². The Balaban J connectivity index is 2.32. The molecule has 1 N–H and O–H groups in total. The molecule has 0 aliphatic rings. The van der Waals surface area contributed by atoms with E-state index < -0.39 is 11.6 Å². The number of halogens is 4. The lowest BCUT2D eigenvalue weighted by Gasteiger charge is -2.14. The summed E-state index contributed by atoms with van der Waals surface area (Å²) in [6.45, 7) is 2.02. The van der Waals surface area contributed by atoms with Gasteiger partial charge in [0.2, 0.25) is 5.82 Å². The molecule has 0 aliphatic carbocycles. The number of rotatable bonds is 4. The molecular formula is C15H13Br2F2NO. The summed E-state index contributed by atoms with van der Waals surface area (Å²) in [7, 11) is 1.86. The normalized spacial score (nSPS) is 12.3. The summed E-state index contributed by atoms with van der Waals surface area (Å²) in [5.74, 6) is -1.73. The van der Waals surface area contributed by atoms with E-state index in [9.17, 15) is 8.78 Å². The van der Waals surface area contributed by atoms with Gasteiger partial charge in [-0.05, 0) is 59.7 Å². The van der Waals surface area contributed by atoms with E-state index in [1.807, 2.05) is 26.1 Å². The van der Waals surface area contributed by atoms with Crippen LogP contribution in [0.2, 0.25) is 0 Å². The van der Waals surface area contributed by atoms with E-state index in [0.717, 1.165) is 11.6 Å². The maximum atomic E-state index is 13.7. The van der Waals surface area contributed by atoms with Crippen LogP contribution in [-0.4, -0.2) is 7.05 Å². The molecule has 6 heteroatoms. The van der Waals surface area contributed by atoms with Crippen molar-refractivity contribution >= 4 is 31.9 Å². The van der Waals surface area contributed by atoms with Crippen molar-refractivity contribution in [1.82, 2.24) is 5.32 Å². The van der Waals surface area contributed by atoms with Gasteiger partial charge >= 0.3 is 0 Å². The van der Waals surface area contributed by atoms with Crippen LogP contribution >= 0.6 is 31.9 Å². The molecule has 2 aromatic carbocycles. The van der Waals surface area contributed by atoms with Crippen LogP contribution in [0.1, 0.15) is 18.5 Å². The molecule has 2 aromatic rings. The van der Waals surface area contributed by atoms with Crippen molar-refractivity contribution in [2.45, 2.75) is 13.0 Å². The average Bonchev–Trinajstić information content (AvgIpc) is 2.45. The van der Waals surface area contributed by atoms with Crippen LogP contribution in [0.25, 0.3) is 0 Å². The second-order valence-electron chi connectivity index (χ2n) is 4.50. The third kappa shape index (κ3) is 3.81. The molecule has 1 atom stereocenters. The van der Waals surface area contributed by atoms with Crippen LogP contribution in [0.4, 0.5) is 8.78 Å². The van der Waals surface area contributed by atoms with Crippen molar-refractivity contribution in [3.8, 4) is 11.5 Å². The fourth-order valence-corrected chi connectivity index (χ4v) is 2.65. The van der Waals surface area contributed by atoms with E-state index in [4.69, 9.17) is 4.74 Å². The highest BCUT2D eigenvalue weighted by Crippen LogP contribution is 2.35. The molecule has 0 heterocycles. The first-order chi connectivity index (χ1) is 9.92. The SMILES string of the molecule is CNC(C)c1ccc(Oc2cc(Br)cc(F)c2F)c(Br)c1. The lowest BCUT2D eigenvalue weighted by atomic mass is 10.1. The molecule has 0 aromatic heterocycles. The largest absolute Gasteiger partial charge is 0.453 e. The number of nitrogens with one attached hydrogen (secondary N) is 1. The smallest absolute Gasteiger partial charge is 0.201 e. The summed E-state index contributed by atoms with van der Waals surface area (Å²) in [5.41, 5.74) is 1.05.